The second kappa shape index (κ2) is 9.20. The van der Waals surface area contributed by atoms with Crippen molar-refractivity contribution in [3.05, 3.63) is 62.3 Å². The number of carbonyl (C=O) groups excluding carboxylic acids is 2. The van der Waals surface area contributed by atoms with Gasteiger partial charge in [0.2, 0.25) is 5.91 Å². The maximum Gasteiger partial charge on any atom is 0.265 e. The minimum absolute atomic E-state index is 0.0549. The lowest BCUT2D eigenvalue weighted by atomic mass is 9.70. The molecule has 3 heterocycles. The number of thiazole rings is 1. The molecule has 5 rings (SSSR count). The molecular formula is C25H30Cl2N6O2S. The maximum absolute atomic E-state index is 13.1. The zero-order chi connectivity index (χ0) is 25.8. The van der Waals surface area contributed by atoms with Crippen molar-refractivity contribution in [2.45, 2.75) is 26.8 Å². The number of amides is 2. The van der Waals surface area contributed by atoms with Gasteiger partial charge in [0.05, 0.1) is 28.3 Å². The van der Waals surface area contributed by atoms with Gasteiger partial charge >= 0.3 is 0 Å². The van der Waals surface area contributed by atoms with Crippen molar-refractivity contribution >= 4 is 46.4 Å². The van der Waals surface area contributed by atoms with Gasteiger partial charge in [-0.25, -0.2) is 5.84 Å². The summed E-state index contributed by atoms with van der Waals surface area (Å²) in [6, 6.07) is 5.37. The average molecular weight is 550 g/mol. The minimum Gasteiger partial charge on any atom is -0.401 e. The first-order valence-corrected chi connectivity index (χ1v) is 13.5. The Kier molecular flexibility index (Phi) is 6.47. The Morgan fingerprint density at radius 3 is 2.50 bits per heavy atom. The van der Waals surface area contributed by atoms with E-state index in [1.807, 2.05) is 15.9 Å². The molecule has 1 aromatic carbocycles. The number of benzene rings is 1. The van der Waals surface area contributed by atoms with E-state index in [1.54, 1.807) is 30.0 Å². The van der Waals surface area contributed by atoms with Gasteiger partial charge in [-0.05, 0) is 29.5 Å². The van der Waals surface area contributed by atoms with E-state index in [0.29, 0.717) is 53.3 Å². The van der Waals surface area contributed by atoms with Crippen LogP contribution in [-0.2, 0) is 11.3 Å². The first-order valence-electron chi connectivity index (χ1n) is 11.9. The summed E-state index contributed by atoms with van der Waals surface area (Å²) >= 11 is 13.5. The normalized spacial score (nSPS) is 24.1. The summed E-state index contributed by atoms with van der Waals surface area (Å²) < 4.78 is 0. The third-order valence-corrected chi connectivity index (χ3v) is 9.28. The average Bonchev–Trinajstić information content (AvgIpc) is 3.19. The van der Waals surface area contributed by atoms with Crippen molar-refractivity contribution in [1.82, 2.24) is 19.8 Å². The molecule has 3 aliphatic rings. The Bertz CT molecular complexity index is 1210. The van der Waals surface area contributed by atoms with E-state index in [2.05, 4.69) is 18.8 Å². The number of nitrogens with two attached hydrogens (primary N) is 2. The molecular weight excluding hydrogens is 519 g/mol. The van der Waals surface area contributed by atoms with E-state index < -0.39 is 0 Å². The summed E-state index contributed by atoms with van der Waals surface area (Å²) in [6.07, 6.45) is 4.24. The van der Waals surface area contributed by atoms with Gasteiger partial charge in [0.1, 0.15) is 4.88 Å². The van der Waals surface area contributed by atoms with Crippen LogP contribution in [0.1, 0.15) is 35.5 Å². The number of aromatic nitrogens is 1. The van der Waals surface area contributed by atoms with E-state index in [1.165, 1.54) is 16.3 Å². The van der Waals surface area contributed by atoms with Crippen LogP contribution in [0.25, 0.3) is 0 Å². The van der Waals surface area contributed by atoms with E-state index in [0.717, 1.165) is 12.0 Å². The Morgan fingerprint density at radius 2 is 1.89 bits per heavy atom. The van der Waals surface area contributed by atoms with Gasteiger partial charge in [0.15, 0.2) is 0 Å². The molecule has 3 fully saturated rings. The lowest BCUT2D eigenvalue weighted by Crippen LogP contribution is -2.63. The quantitative estimate of drug-likeness (QED) is 0.421. The Labute approximate surface area is 224 Å². The van der Waals surface area contributed by atoms with Crippen LogP contribution in [0.3, 0.4) is 0 Å². The summed E-state index contributed by atoms with van der Waals surface area (Å²) in [5, 5.41) is 2.46. The van der Waals surface area contributed by atoms with E-state index in [-0.39, 0.29) is 34.5 Å². The highest BCUT2D eigenvalue weighted by molar-refractivity contribution is 7.11. The van der Waals surface area contributed by atoms with Crippen LogP contribution >= 0.6 is 34.5 Å². The number of halogens is 2. The topological polar surface area (TPSA) is 109 Å². The fourth-order valence-corrected chi connectivity index (χ4v) is 6.44. The summed E-state index contributed by atoms with van der Waals surface area (Å²) in [7, 11) is 0. The van der Waals surface area contributed by atoms with Crippen molar-refractivity contribution in [2.75, 3.05) is 26.2 Å². The van der Waals surface area contributed by atoms with Crippen molar-refractivity contribution in [2.24, 2.45) is 34.2 Å². The molecule has 1 aliphatic carbocycles. The van der Waals surface area contributed by atoms with Crippen molar-refractivity contribution in [1.29, 1.82) is 0 Å². The number of hydrogen-bond donors (Lipinski definition) is 2. The molecule has 192 valence electrons. The van der Waals surface area contributed by atoms with Crippen LogP contribution in [0.15, 0.2) is 41.8 Å². The number of hydrazine groups is 1. The molecule has 2 aromatic rings. The first-order chi connectivity index (χ1) is 17.0. The highest BCUT2D eigenvalue weighted by Crippen LogP contribution is 2.55. The molecule has 1 spiro atoms. The van der Waals surface area contributed by atoms with Gasteiger partial charge in [0.25, 0.3) is 5.91 Å². The zero-order valence-corrected chi connectivity index (χ0v) is 22.6. The van der Waals surface area contributed by atoms with Crippen molar-refractivity contribution < 1.29 is 9.59 Å². The highest BCUT2D eigenvalue weighted by atomic mass is 35.5. The van der Waals surface area contributed by atoms with Crippen LogP contribution < -0.4 is 11.6 Å². The van der Waals surface area contributed by atoms with E-state index >= 15 is 0 Å². The number of likely N-dealkylation sites (tertiary alicyclic amines) is 2. The molecule has 2 aliphatic heterocycles. The number of carbonyl (C=O) groups is 2. The van der Waals surface area contributed by atoms with Gasteiger partial charge in [0, 0.05) is 55.3 Å². The first kappa shape index (κ1) is 25.3. The summed E-state index contributed by atoms with van der Waals surface area (Å²) in [4.78, 5) is 34.5. The summed E-state index contributed by atoms with van der Waals surface area (Å²) in [6.45, 7) is 6.83. The van der Waals surface area contributed by atoms with Gasteiger partial charge in [-0.2, -0.15) is 0 Å². The molecule has 1 unspecified atom stereocenters. The number of rotatable bonds is 6. The Morgan fingerprint density at radius 1 is 1.19 bits per heavy atom. The second-order valence-electron chi connectivity index (χ2n) is 11.0. The van der Waals surface area contributed by atoms with Crippen LogP contribution in [-0.4, -0.2) is 57.8 Å². The fraction of sp³-hybridized carbons (Fsp3) is 0.480. The molecule has 1 aromatic heterocycles. The molecule has 2 atom stereocenters. The predicted octanol–water partition coefficient (Wildman–Crippen LogP) is 3.57. The zero-order valence-electron chi connectivity index (χ0n) is 20.3. The highest BCUT2D eigenvalue weighted by Gasteiger charge is 2.60. The second-order valence-corrected chi connectivity index (χ2v) is 12.7. The van der Waals surface area contributed by atoms with E-state index in [9.17, 15) is 9.59 Å². The lowest BCUT2D eigenvalue weighted by Gasteiger charge is -2.51. The van der Waals surface area contributed by atoms with Gasteiger partial charge < -0.3 is 20.5 Å². The van der Waals surface area contributed by atoms with Gasteiger partial charge in [-0.1, -0.05) is 43.1 Å². The summed E-state index contributed by atoms with van der Waals surface area (Å²) in [5.41, 5.74) is 9.56. The monoisotopic (exact) mass is 548 g/mol. The van der Waals surface area contributed by atoms with Crippen LogP contribution in [0.4, 0.5) is 0 Å². The van der Waals surface area contributed by atoms with E-state index in [4.69, 9.17) is 34.8 Å². The Balaban J connectivity index is 1.33. The molecule has 1 saturated carbocycles. The van der Waals surface area contributed by atoms with Crippen LogP contribution in [0, 0.1) is 22.7 Å². The molecule has 0 radical (unpaired) electrons. The van der Waals surface area contributed by atoms with Gasteiger partial charge in [-0.15, -0.1) is 11.3 Å². The molecule has 2 amide bonds. The standard InChI is InChI=1S/C25H30Cl2N6O2S/c1-24(2)6-16(24)22(34)32-12-25(13-32)11-31(23(35)21-7-30-14-36-21)9-17(25)20(28)10-33(29)8-15-3-4-18(26)19(27)5-15/h3-5,7,10,14,16-17H,6,8-9,11-13,28-29H2,1-2H3/b20-10-/t16-,17?/m1/s1. The number of hydrogen-bond acceptors (Lipinski definition) is 7. The van der Waals surface area contributed by atoms with Gasteiger partial charge in [-0.3, -0.25) is 14.6 Å². The Hall–Kier alpha value is -2.33. The molecule has 36 heavy (non-hydrogen) atoms. The predicted molar refractivity (Wildman–Crippen MR) is 141 cm³/mol. The third-order valence-electron chi connectivity index (χ3n) is 7.78. The summed E-state index contributed by atoms with van der Waals surface area (Å²) in [5.74, 6) is 6.40. The van der Waals surface area contributed by atoms with Crippen molar-refractivity contribution in [3.8, 4) is 0 Å². The molecule has 0 bridgehead atoms. The number of nitrogens with zero attached hydrogens (tertiary/aromatic N) is 4. The van der Waals surface area contributed by atoms with Crippen molar-refractivity contribution in [3.63, 3.8) is 0 Å². The smallest absolute Gasteiger partial charge is 0.265 e. The maximum atomic E-state index is 13.1. The van der Waals surface area contributed by atoms with Crippen LogP contribution in [0.2, 0.25) is 10.0 Å². The SMILES string of the molecule is CC1(C)C[C@@H]1C(=O)N1CC2(CN(C(=O)c3cncs3)CC2/C(N)=C/N(N)Cc2ccc(Cl)c(Cl)c2)C1. The molecule has 4 N–H and O–H groups in total. The molecule has 8 nitrogen and oxygen atoms in total. The molecule has 11 heteroatoms. The minimum atomic E-state index is -0.292. The van der Waals surface area contributed by atoms with Crippen LogP contribution in [0.5, 0.6) is 0 Å². The largest absolute Gasteiger partial charge is 0.401 e. The lowest BCUT2D eigenvalue weighted by molar-refractivity contribution is -0.146. The molecule has 2 saturated heterocycles. The fourth-order valence-electron chi connectivity index (χ4n) is 5.53. The third kappa shape index (κ3) is 4.69.